The van der Waals surface area contributed by atoms with E-state index < -0.39 is 0 Å². The molecule has 1 aliphatic rings. The minimum Gasteiger partial charge on any atom is -0.496 e. The summed E-state index contributed by atoms with van der Waals surface area (Å²) >= 11 is 0. The van der Waals surface area contributed by atoms with Crippen molar-refractivity contribution in [2.24, 2.45) is 5.41 Å². The van der Waals surface area contributed by atoms with Gasteiger partial charge in [0, 0.05) is 59.5 Å². The summed E-state index contributed by atoms with van der Waals surface area (Å²) in [5.41, 5.74) is 6.39. The lowest BCUT2D eigenvalue weighted by atomic mass is 9.74. The Hall–Kier alpha value is -3.83. The Labute approximate surface area is 231 Å². The van der Waals surface area contributed by atoms with Gasteiger partial charge in [-0.05, 0) is 42.2 Å². The molecule has 0 atom stereocenters. The molecule has 1 aliphatic carbocycles. The average molecular weight is 519 g/mol. The van der Waals surface area contributed by atoms with Gasteiger partial charge in [0.25, 0.3) is 0 Å². The van der Waals surface area contributed by atoms with Crippen LogP contribution >= 0.6 is 0 Å². The SMILES string of the molecule is COc1cc(NCC2(CNCc3c(Cc4ccccc4)[nH]c4ccccc34)CCCCC2)nc2ccccc12. The molecule has 5 heteroatoms. The van der Waals surface area contributed by atoms with Gasteiger partial charge in [0.2, 0.25) is 0 Å². The summed E-state index contributed by atoms with van der Waals surface area (Å²) < 4.78 is 5.68. The van der Waals surface area contributed by atoms with Crippen LogP contribution in [0.2, 0.25) is 0 Å². The highest BCUT2D eigenvalue weighted by Crippen LogP contribution is 2.37. The van der Waals surface area contributed by atoms with E-state index in [0.29, 0.717) is 0 Å². The fourth-order valence-electron chi connectivity index (χ4n) is 6.26. The molecule has 0 saturated heterocycles. The Bertz CT molecular complexity index is 1540. The van der Waals surface area contributed by atoms with E-state index in [1.54, 1.807) is 7.11 Å². The molecule has 5 aromatic rings. The molecule has 0 amide bonds. The Balaban J connectivity index is 1.19. The predicted molar refractivity (Wildman–Crippen MR) is 162 cm³/mol. The molecule has 2 aromatic heterocycles. The van der Waals surface area contributed by atoms with Crippen molar-refractivity contribution in [2.45, 2.75) is 45.1 Å². The maximum Gasteiger partial charge on any atom is 0.131 e. The number of benzene rings is 3. The summed E-state index contributed by atoms with van der Waals surface area (Å²) in [6.45, 7) is 2.74. The lowest BCUT2D eigenvalue weighted by molar-refractivity contribution is 0.197. The van der Waals surface area contributed by atoms with Crippen LogP contribution in [0.5, 0.6) is 5.75 Å². The highest BCUT2D eigenvalue weighted by Gasteiger charge is 2.32. The van der Waals surface area contributed by atoms with E-state index in [9.17, 15) is 0 Å². The lowest BCUT2D eigenvalue weighted by Crippen LogP contribution is -2.41. The van der Waals surface area contributed by atoms with Crippen LogP contribution in [0.4, 0.5) is 5.82 Å². The molecule has 2 heterocycles. The number of hydrogen-bond donors (Lipinski definition) is 3. The predicted octanol–water partition coefficient (Wildman–Crippen LogP) is 7.47. The maximum atomic E-state index is 5.68. The van der Waals surface area contributed by atoms with Crippen molar-refractivity contribution in [1.82, 2.24) is 15.3 Å². The van der Waals surface area contributed by atoms with Crippen molar-refractivity contribution in [1.29, 1.82) is 0 Å². The number of para-hydroxylation sites is 2. The molecule has 3 aromatic carbocycles. The summed E-state index contributed by atoms with van der Waals surface area (Å²) in [4.78, 5) is 8.60. The van der Waals surface area contributed by atoms with Gasteiger partial charge in [-0.3, -0.25) is 0 Å². The lowest BCUT2D eigenvalue weighted by Gasteiger charge is -2.38. The number of H-pyrrole nitrogens is 1. The summed E-state index contributed by atoms with van der Waals surface area (Å²) in [5.74, 6) is 1.75. The molecule has 3 N–H and O–H groups in total. The van der Waals surface area contributed by atoms with Crippen LogP contribution < -0.4 is 15.4 Å². The third-order valence-electron chi connectivity index (χ3n) is 8.38. The molecule has 0 aliphatic heterocycles. The normalized spacial score (nSPS) is 15.0. The van der Waals surface area contributed by atoms with Gasteiger partial charge in [-0.15, -0.1) is 0 Å². The van der Waals surface area contributed by atoms with Crippen molar-refractivity contribution in [3.63, 3.8) is 0 Å². The van der Waals surface area contributed by atoms with Gasteiger partial charge in [-0.25, -0.2) is 4.98 Å². The molecular weight excluding hydrogens is 480 g/mol. The van der Waals surface area contributed by atoms with Gasteiger partial charge < -0.3 is 20.4 Å². The fraction of sp³-hybridized carbons (Fsp3) is 0.324. The Morgan fingerprint density at radius 1 is 0.846 bits per heavy atom. The number of methoxy groups -OCH3 is 1. The van der Waals surface area contributed by atoms with Crippen LogP contribution in [0, 0.1) is 5.41 Å². The number of anilines is 1. The zero-order valence-corrected chi connectivity index (χ0v) is 22.8. The molecule has 1 saturated carbocycles. The average Bonchev–Trinajstić information content (AvgIpc) is 3.33. The second-order valence-electron chi connectivity index (χ2n) is 11.0. The van der Waals surface area contributed by atoms with Crippen LogP contribution in [-0.4, -0.2) is 30.2 Å². The molecule has 39 heavy (non-hydrogen) atoms. The van der Waals surface area contributed by atoms with E-state index >= 15 is 0 Å². The summed E-state index contributed by atoms with van der Waals surface area (Å²) in [6, 6.07) is 29.6. The number of ether oxygens (including phenoxy) is 1. The molecular formula is C34H38N4O. The molecule has 0 bridgehead atoms. The molecule has 5 nitrogen and oxygen atoms in total. The number of aromatic amines is 1. The standard InChI is InChI=1S/C34H38N4O/c1-39-32-21-33(38-30-17-9-7-15-27(30)32)36-24-34(18-10-3-11-19-34)23-35-22-28-26-14-6-8-16-29(26)37-31(28)20-25-12-4-2-5-13-25/h2,4-9,12-17,21,35,37H,3,10-11,18-20,22-24H2,1H3,(H,36,38). The Kier molecular flexibility index (Phi) is 7.51. The van der Waals surface area contributed by atoms with E-state index in [1.807, 2.05) is 18.2 Å². The van der Waals surface area contributed by atoms with Crippen molar-refractivity contribution in [3.8, 4) is 5.75 Å². The zero-order chi connectivity index (χ0) is 26.5. The van der Waals surface area contributed by atoms with Crippen LogP contribution in [0.25, 0.3) is 21.8 Å². The van der Waals surface area contributed by atoms with Crippen LogP contribution in [0.3, 0.4) is 0 Å². The Morgan fingerprint density at radius 2 is 1.59 bits per heavy atom. The molecule has 0 unspecified atom stereocenters. The molecule has 0 spiro atoms. The fourth-order valence-corrected chi connectivity index (χ4v) is 6.26. The van der Waals surface area contributed by atoms with Crippen molar-refractivity contribution in [2.75, 3.05) is 25.5 Å². The molecule has 6 rings (SSSR count). The number of aromatic nitrogens is 2. The number of fused-ring (bicyclic) bond motifs is 2. The zero-order valence-electron chi connectivity index (χ0n) is 22.8. The van der Waals surface area contributed by atoms with E-state index in [-0.39, 0.29) is 5.41 Å². The number of hydrogen-bond acceptors (Lipinski definition) is 4. The minimum absolute atomic E-state index is 0.199. The summed E-state index contributed by atoms with van der Waals surface area (Å²) in [6.07, 6.45) is 7.25. The first-order valence-electron chi connectivity index (χ1n) is 14.2. The monoisotopic (exact) mass is 518 g/mol. The summed E-state index contributed by atoms with van der Waals surface area (Å²) in [5, 5.41) is 9.97. The first-order chi connectivity index (χ1) is 19.2. The first kappa shape index (κ1) is 25.4. The van der Waals surface area contributed by atoms with E-state index in [2.05, 4.69) is 82.3 Å². The second-order valence-corrected chi connectivity index (χ2v) is 11.0. The number of pyridine rings is 1. The van der Waals surface area contributed by atoms with Gasteiger partial charge >= 0.3 is 0 Å². The topological polar surface area (TPSA) is 62.0 Å². The van der Waals surface area contributed by atoms with E-state index in [0.717, 1.165) is 48.5 Å². The highest BCUT2D eigenvalue weighted by molar-refractivity contribution is 5.87. The highest BCUT2D eigenvalue weighted by atomic mass is 16.5. The molecule has 200 valence electrons. The van der Waals surface area contributed by atoms with E-state index in [4.69, 9.17) is 9.72 Å². The van der Waals surface area contributed by atoms with Gasteiger partial charge in [0.05, 0.1) is 12.6 Å². The largest absolute Gasteiger partial charge is 0.496 e. The van der Waals surface area contributed by atoms with Gasteiger partial charge in [0.15, 0.2) is 0 Å². The number of rotatable bonds is 10. The third kappa shape index (κ3) is 5.64. The van der Waals surface area contributed by atoms with Crippen molar-refractivity contribution >= 4 is 27.6 Å². The van der Waals surface area contributed by atoms with Gasteiger partial charge in [-0.1, -0.05) is 79.9 Å². The van der Waals surface area contributed by atoms with E-state index in [1.165, 1.54) is 59.8 Å². The first-order valence-corrected chi connectivity index (χ1v) is 14.2. The third-order valence-corrected chi connectivity index (χ3v) is 8.38. The number of nitrogens with zero attached hydrogens (tertiary/aromatic N) is 1. The van der Waals surface area contributed by atoms with Crippen LogP contribution in [0.1, 0.15) is 48.9 Å². The smallest absolute Gasteiger partial charge is 0.131 e. The molecule has 0 radical (unpaired) electrons. The molecule has 1 fully saturated rings. The van der Waals surface area contributed by atoms with Gasteiger partial charge in [-0.2, -0.15) is 0 Å². The van der Waals surface area contributed by atoms with Crippen LogP contribution in [0.15, 0.2) is 84.9 Å². The minimum atomic E-state index is 0.199. The van der Waals surface area contributed by atoms with Crippen molar-refractivity contribution < 1.29 is 4.74 Å². The second kappa shape index (κ2) is 11.5. The summed E-state index contributed by atoms with van der Waals surface area (Å²) in [7, 11) is 1.73. The van der Waals surface area contributed by atoms with Crippen molar-refractivity contribution in [3.05, 3.63) is 102 Å². The van der Waals surface area contributed by atoms with Crippen LogP contribution in [-0.2, 0) is 13.0 Å². The quantitative estimate of drug-likeness (QED) is 0.179. The Morgan fingerprint density at radius 3 is 2.41 bits per heavy atom. The number of nitrogens with one attached hydrogen (secondary N) is 3. The van der Waals surface area contributed by atoms with Gasteiger partial charge in [0.1, 0.15) is 11.6 Å². The maximum absolute atomic E-state index is 5.68.